The van der Waals surface area contributed by atoms with Crippen LogP contribution < -0.4 is 0 Å². The lowest BCUT2D eigenvalue weighted by Crippen LogP contribution is -2.42. The first-order valence-corrected chi connectivity index (χ1v) is 6.15. The van der Waals surface area contributed by atoms with E-state index in [-0.39, 0.29) is 0 Å². The van der Waals surface area contributed by atoms with Gasteiger partial charge in [0, 0.05) is 12.6 Å². The summed E-state index contributed by atoms with van der Waals surface area (Å²) in [5.74, 6) is -0.570. The molecule has 1 N–H and O–H groups in total. The van der Waals surface area contributed by atoms with Gasteiger partial charge in [0.25, 0.3) is 0 Å². The predicted octanol–water partition coefficient (Wildman–Crippen LogP) is 2.12. The monoisotopic (exact) mass is 211 g/mol. The summed E-state index contributed by atoms with van der Waals surface area (Å²) in [6.07, 6.45) is 6.48. The van der Waals surface area contributed by atoms with E-state index >= 15 is 0 Å². The fourth-order valence-corrected chi connectivity index (χ4v) is 2.82. The van der Waals surface area contributed by atoms with Crippen LogP contribution in [0.15, 0.2) is 0 Å². The highest BCUT2D eigenvalue weighted by atomic mass is 16.4. The van der Waals surface area contributed by atoms with Crippen LogP contribution in [0.5, 0.6) is 0 Å². The van der Waals surface area contributed by atoms with Gasteiger partial charge in [-0.15, -0.1) is 0 Å². The second kappa shape index (κ2) is 4.12. The van der Waals surface area contributed by atoms with Crippen molar-refractivity contribution in [1.29, 1.82) is 0 Å². The molecular formula is C12H21NO2. The number of carboxylic acids is 1. The number of rotatable bonds is 5. The second-order valence-electron chi connectivity index (χ2n) is 5.09. The Morgan fingerprint density at radius 1 is 1.40 bits per heavy atom. The van der Waals surface area contributed by atoms with Gasteiger partial charge in [-0.05, 0) is 32.2 Å². The molecule has 3 nitrogen and oxygen atoms in total. The summed E-state index contributed by atoms with van der Waals surface area (Å²) in [4.78, 5) is 13.8. The lowest BCUT2D eigenvalue weighted by molar-refractivity contribution is -0.150. The summed E-state index contributed by atoms with van der Waals surface area (Å²) in [7, 11) is 0. The third-order valence-corrected chi connectivity index (χ3v) is 3.99. The van der Waals surface area contributed by atoms with Crippen LogP contribution in [0.25, 0.3) is 0 Å². The van der Waals surface area contributed by atoms with E-state index in [1.165, 1.54) is 12.8 Å². The molecule has 2 saturated carbocycles. The first-order valence-electron chi connectivity index (χ1n) is 6.15. The SMILES string of the molecule is CCN(CC1(C(=O)O)CCCC1)C1CC1. The van der Waals surface area contributed by atoms with Crippen LogP contribution in [0.4, 0.5) is 0 Å². The Kier molecular flexibility index (Phi) is 3.01. The zero-order valence-electron chi connectivity index (χ0n) is 9.54. The minimum absolute atomic E-state index is 0.418. The average molecular weight is 211 g/mol. The lowest BCUT2D eigenvalue weighted by Gasteiger charge is -2.31. The number of aliphatic carboxylic acids is 1. The van der Waals surface area contributed by atoms with E-state index in [0.717, 1.165) is 38.8 Å². The van der Waals surface area contributed by atoms with E-state index in [0.29, 0.717) is 6.04 Å². The van der Waals surface area contributed by atoms with Gasteiger partial charge in [-0.25, -0.2) is 0 Å². The number of hydrogen-bond acceptors (Lipinski definition) is 2. The summed E-state index contributed by atoms with van der Waals surface area (Å²) in [6, 6.07) is 0.687. The standard InChI is InChI=1S/C12H21NO2/c1-2-13(10-5-6-10)9-12(11(14)15)7-3-4-8-12/h10H,2-9H2,1H3,(H,14,15). The Balaban J connectivity index is 2.01. The fourth-order valence-electron chi connectivity index (χ4n) is 2.82. The van der Waals surface area contributed by atoms with Crippen LogP contribution in [0.1, 0.15) is 45.4 Å². The van der Waals surface area contributed by atoms with Gasteiger partial charge in [-0.2, -0.15) is 0 Å². The Morgan fingerprint density at radius 2 is 2.00 bits per heavy atom. The van der Waals surface area contributed by atoms with E-state index < -0.39 is 11.4 Å². The molecule has 0 aromatic rings. The maximum atomic E-state index is 11.4. The molecule has 3 heteroatoms. The van der Waals surface area contributed by atoms with Crippen molar-refractivity contribution in [3.63, 3.8) is 0 Å². The first-order chi connectivity index (χ1) is 7.18. The van der Waals surface area contributed by atoms with Gasteiger partial charge in [0.2, 0.25) is 0 Å². The molecule has 0 atom stereocenters. The molecule has 0 unspecified atom stereocenters. The molecule has 0 amide bonds. The van der Waals surface area contributed by atoms with Crippen molar-refractivity contribution in [3.05, 3.63) is 0 Å². The highest BCUT2D eigenvalue weighted by Crippen LogP contribution is 2.41. The molecule has 2 aliphatic rings. The largest absolute Gasteiger partial charge is 0.481 e. The smallest absolute Gasteiger partial charge is 0.310 e. The molecule has 0 radical (unpaired) electrons. The number of nitrogens with zero attached hydrogens (tertiary/aromatic N) is 1. The first kappa shape index (κ1) is 10.9. The highest BCUT2D eigenvalue weighted by Gasteiger charge is 2.44. The van der Waals surface area contributed by atoms with Gasteiger partial charge < -0.3 is 5.11 Å². The third-order valence-electron chi connectivity index (χ3n) is 3.99. The molecule has 0 aliphatic heterocycles. The molecule has 0 aromatic heterocycles. The Bertz CT molecular complexity index is 242. The molecule has 0 heterocycles. The Morgan fingerprint density at radius 3 is 2.40 bits per heavy atom. The molecule has 2 aliphatic carbocycles. The molecule has 86 valence electrons. The van der Waals surface area contributed by atoms with E-state index in [2.05, 4.69) is 11.8 Å². The molecule has 0 aromatic carbocycles. The fraction of sp³-hybridized carbons (Fsp3) is 0.917. The van der Waals surface area contributed by atoms with Gasteiger partial charge in [0.05, 0.1) is 5.41 Å². The van der Waals surface area contributed by atoms with E-state index in [1.807, 2.05) is 0 Å². The topological polar surface area (TPSA) is 40.5 Å². The number of carbonyl (C=O) groups is 1. The van der Waals surface area contributed by atoms with Crippen molar-refractivity contribution < 1.29 is 9.90 Å². The van der Waals surface area contributed by atoms with Crippen molar-refractivity contribution >= 4 is 5.97 Å². The molecule has 15 heavy (non-hydrogen) atoms. The predicted molar refractivity (Wildman–Crippen MR) is 58.8 cm³/mol. The van der Waals surface area contributed by atoms with Crippen LogP contribution in [-0.2, 0) is 4.79 Å². The highest BCUT2D eigenvalue weighted by molar-refractivity contribution is 5.75. The molecule has 2 fully saturated rings. The summed E-state index contributed by atoms with van der Waals surface area (Å²) >= 11 is 0. The van der Waals surface area contributed by atoms with Gasteiger partial charge in [-0.3, -0.25) is 9.69 Å². The summed E-state index contributed by atoms with van der Waals surface area (Å²) in [5.41, 5.74) is -0.418. The zero-order valence-corrected chi connectivity index (χ0v) is 9.54. The van der Waals surface area contributed by atoms with Gasteiger partial charge in [0.15, 0.2) is 0 Å². The maximum Gasteiger partial charge on any atom is 0.310 e. The molecule has 0 spiro atoms. The summed E-state index contributed by atoms with van der Waals surface area (Å²) < 4.78 is 0. The van der Waals surface area contributed by atoms with E-state index in [4.69, 9.17) is 0 Å². The van der Waals surface area contributed by atoms with Crippen molar-refractivity contribution in [2.45, 2.75) is 51.5 Å². The molecule has 0 bridgehead atoms. The van der Waals surface area contributed by atoms with Crippen LogP contribution in [0.3, 0.4) is 0 Å². The van der Waals surface area contributed by atoms with Gasteiger partial charge >= 0.3 is 5.97 Å². The molecular weight excluding hydrogens is 190 g/mol. The summed E-state index contributed by atoms with van der Waals surface area (Å²) in [5, 5.41) is 9.38. The van der Waals surface area contributed by atoms with Crippen LogP contribution in [-0.4, -0.2) is 35.1 Å². The lowest BCUT2D eigenvalue weighted by atomic mass is 9.85. The minimum Gasteiger partial charge on any atom is -0.481 e. The van der Waals surface area contributed by atoms with Crippen LogP contribution in [0.2, 0.25) is 0 Å². The minimum atomic E-state index is -0.570. The number of carboxylic acid groups (broad SMARTS) is 1. The zero-order chi connectivity index (χ0) is 10.9. The maximum absolute atomic E-state index is 11.4. The molecule has 2 rings (SSSR count). The van der Waals surface area contributed by atoms with Crippen molar-refractivity contribution in [2.75, 3.05) is 13.1 Å². The van der Waals surface area contributed by atoms with Gasteiger partial charge in [0.1, 0.15) is 0 Å². The third kappa shape index (κ3) is 2.17. The average Bonchev–Trinajstić information content (AvgIpc) is 2.94. The normalized spacial score (nSPS) is 24.7. The van der Waals surface area contributed by atoms with E-state index in [1.54, 1.807) is 0 Å². The van der Waals surface area contributed by atoms with Crippen molar-refractivity contribution in [3.8, 4) is 0 Å². The van der Waals surface area contributed by atoms with Crippen molar-refractivity contribution in [1.82, 2.24) is 4.90 Å². The molecule has 0 saturated heterocycles. The van der Waals surface area contributed by atoms with Gasteiger partial charge in [-0.1, -0.05) is 19.8 Å². The number of hydrogen-bond donors (Lipinski definition) is 1. The second-order valence-corrected chi connectivity index (χ2v) is 5.09. The quantitative estimate of drug-likeness (QED) is 0.757. The van der Waals surface area contributed by atoms with Crippen LogP contribution in [0, 0.1) is 5.41 Å². The Labute approximate surface area is 91.5 Å². The Hall–Kier alpha value is -0.570. The van der Waals surface area contributed by atoms with E-state index in [9.17, 15) is 9.90 Å². The van der Waals surface area contributed by atoms with Crippen LogP contribution >= 0.6 is 0 Å². The van der Waals surface area contributed by atoms with Crippen molar-refractivity contribution in [2.24, 2.45) is 5.41 Å². The summed E-state index contributed by atoms with van der Waals surface area (Å²) in [6.45, 7) is 3.92.